The van der Waals surface area contributed by atoms with E-state index in [4.69, 9.17) is 9.47 Å². The molecule has 1 aliphatic heterocycles. The van der Waals surface area contributed by atoms with Gasteiger partial charge in [0.1, 0.15) is 6.29 Å². The van der Waals surface area contributed by atoms with Crippen LogP contribution in [0.3, 0.4) is 0 Å². The van der Waals surface area contributed by atoms with Gasteiger partial charge in [0.2, 0.25) is 0 Å². The minimum Gasteiger partial charge on any atom is -0.466 e. The lowest BCUT2D eigenvalue weighted by atomic mass is 10.0. The van der Waals surface area contributed by atoms with Crippen molar-refractivity contribution in [1.29, 1.82) is 0 Å². The summed E-state index contributed by atoms with van der Waals surface area (Å²) in [6.07, 6.45) is 5.21. The minimum absolute atomic E-state index is 0.123. The van der Waals surface area contributed by atoms with Crippen molar-refractivity contribution in [2.24, 2.45) is 5.92 Å². The summed E-state index contributed by atoms with van der Waals surface area (Å²) in [5, 5.41) is 0. The van der Waals surface area contributed by atoms with E-state index in [0.717, 1.165) is 32.0 Å². The fourth-order valence-corrected chi connectivity index (χ4v) is 2.05. The summed E-state index contributed by atoms with van der Waals surface area (Å²) in [6, 6.07) is 0. The van der Waals surface area contributed by atoms with Gasteiger partial charge >= 0.3 is 5.97 Å². The molecule has 21 heavy (non-hydrogen) atoms. The van der Waals surface area contributed by atoms with E-state index < -0.39 is 0 Å². The van der Waals surface area contributed by atoms with Gasteiger partial charge in [-0.1, -0.05) is 20.8 Å². The first-order valence-electron chi connectivity index (χ1n) is 7.92. The van der Waals surface area contributed by atoms with Crippen LogP contribution in [-0.2, 0) is 23.8 Å². The molecule has 1 unspecified atom stereocenters. The molecule has 0 aromatic heterocycles. The smallest absolute Gasteiger partial charge is 0.305 e. The molecule has 1 rings (SSSR count). The highest BCUT2D eigenvalue weighted by molar-refractivity contribution is 5.68. The molecule has 1 saturated heterocycles. The number of aldehydes is 1. The molecule has 124 valence electrons. The first-order valence-corrected chi connectivity index (χ1v) is 7.92. The Bertz CT molecular complexity index is 284. The number of hydrogen-bond acceptors (Lipinski definition) is 5. The van der Waals surface area contributed by atoms with Gasteiger partial charge < -0.3 is 19.0 Å². The highest BCUT2D eigenvalue weighted by atomic mass is 16.7. The van der Waals surface area contributed by atoms with E-state index in [1.807, 2.05) is 6.92 Å². The number of hydrogen-bond donors (Lipinski definition) is 0. The van der Waals surface area contributed by atoms with Crippen LogP contribution < -0.4 is 0 Å². The molecule has 0 aromatic rings. The predicted molar refractivity (Wildman–Crippen MR) is 80.9 cm³/mol. The maximum atomic E-state index is 10.4. The third-order valence-corrected chi connectivity index (χ3v) is 3.40. The largest absolute Gasteiger partial charge is 0.466 e. The van der Waals surface area contributed by atoms with Gasteiger partial charge in [-0.05, 0) is 26.2 Å². The van der Waals surface area contributed by atoms with Crippen LogP contribution in [0.15, 0.2) is 0 Å². The number of carbonyl (C=O) groups excluding carboxylic acids is 2. The van der Waals surface area contributed by atoms with Gasteiger partial charge in [-0.3, -0.25) is 4.79 Å². The molecule has 0 N–H and O–H groups in total. The van der Waals surface area contributed by atoms with Crippen LogP contribution in [0, 0.1) is 5.92 Å². The SMILES string of the molecule is CCC1(CCCC(C)C=O)OCCO1.CCOC(=O)CC. The standard InChI is InChI=1S/C11H20O3.C5H10O2/c1-3-11(13-7-8-14-11)6-4-5-10(2)9-12;1-3-5(6)7-4-2/h9-10H,3-8H2,1-2H3;3-4H2,1-2H3. The normalized spacial score (nSPS) is 17.5. The molecule has 1 fully saturated rings. The highest BCUT2D eigenvalue weighted by Crippen LogP contribution is 2.29. The molecule has 0 bridgehead atoms. The topological polar surface area (TPSA) is 61.8 Å². The van der Waals surface area contributed by atoms with Gasteiger partial charge in [0.15, 0.2) is 5.79 Å². The van der Waals surface area contributed by atoms with Gasteiger partial charge in [0.05, 0.1) is 19.8 Å². The second-order valence-electron chi connectivity index (χ2n) is 5.13. The van der Waals surface area contributed by atoms with E-state index in [-0.39, 0.29) is 17.7 Å². The first-order chi connectivity index (χ1) is 10.0. The minimum atomic E-state index is -0.345. The van der Waals surface area contributed by atoms with Gasteiger partial charge in [-0.25, -0.2) is 0 Å². The lowest BCUT2D eigenvalue weighted by molar-refractivity contribution is -0.165. The van der Waals surface area contributed by atoms with Crippen LogP contribution in [0.5, 0.6) is 0 Å². The van der Waals surface area contributed by atoms with Crippen molar-refractivity contribution in [3.8, 4) is 0 Å². The molecule has 0 amide bonds. The van der Waals surface area contributed by atoms with Crippen molar-refractivity contribution < 1.29 is 23.8 Å². The van der Waals surface area contributed by atoms with Crippen molar-refractivity contribution in [3.63, 3.8) is 0 Å². The van der Waals surface area contributed by atoms with Crippen LogP contribution in [0.25, 0.3) is 0 Å². The molecular formula is C16H30O5. The summed E-state index contributed by atoms with van der Waals surface area (Å²) in [5.74, 6) is -0.310. The quantitative estimate of drug-likeness (QED) is 0.509. The van der Waals surface area contributed by atoms with Crippen LogP contribution in [0.1, 0.15) is 59.8 Å². The third-order valence-electron chi connectivity index (χ3n) is 3.40. The van der Waals surface area contributed by atoms with Crippen molar-refractivity contribution in [1.82, 2.24) is 0 Å². The Kier molecular flexibility index (Phi) is 11.2. The Morgan fingerprint density at radius 1 is 1.29 bits per heavy atom. The van der Waals surface area contributed by atoms with Gasteiger partial charge in [0.25, 0.3) is 0 Å². The van der Waals surface area contributed by atoms with Gasteiger partial charge in [0, 0.05) is 18.8 Å². The number of esters is 1. The molecule has 0 spiro atoms. The first kappa shape index (κ1) is 20.1. The van der Waals surface area contributed by atoms with Crippen molar-refractivity contribution in [3.05, 3.63) is 0 Å². The fourth-order valence-electron chi connectivity index (χ4n) is 2.05. The molecule has 1 aliphatic rings. The summed E-state index contributed by atoms with van der Waals surface area (Å²) in [5.41, 5.74) is 0. The van der Waals surface area contributed by atoms with Crippen LogP contribution in [0.4, 0.5) is 0 Å². The van der Waals surface area contributed by atoms with Crippen molar-refractivity contribution >= 4 is 12.3 Å². The summed E-state index contributed by atoms with van der Waals surface area (Å²) >= 11 is 0. The molecule has 1 atom stereocenters. The van der Waals surface area contributed by atoms with Crippen LogP contribution >= 0.6 is 0 Å². The van der Waals surface area contributed by atoms with Gasteiger partial charge in [-0.15, -0.1) is 0 Å². The maximum Gasteiger partial charge on any atom is 0.305 e. The van der Waals surface area contributed by atoms with Crippen molar-refractivity contribution in [2.45, 2.75) is 65.6 Å². The monoisotopic (exact) mass is 302 g/mol. The number of carbonyl (C=O) groups is 2. The van der Waals surface area contributed by atoms with E-state index in [0.29, 0.717) is 26.2 Å². The Morgan fingerprint density at radius 2 is 1.90 bits per heavy atom. The van der Waals surface area contributed by atoms with E-state index >= 15 is 0 Å². The molecule has 5 nitrogen and oxygen atoms in total. The molecule has 0 aliphatic carbocycles. The number of ether oxygens (including phenoxy) is 3. The average Bonchev–Trinajstić information content (AvgIpc) is 2.97. The van der Waals surface area contributed by atoms with E-state index in [1.165, 1.54) is 0 Å². The lowest BCUT2D eigenvalue weighted by Gasteiger charge is -2.25. The fraction of sp³-hybridized carbons (Fsp3) is 0.875. The Morgan fingerprint density at radius 3 is 2.29 bits per heavy atom. The second kappa shape index (κ2) is 11.7. The van der Waals surface area contributed by atoms with Crippen molar-refractivity contribution in [2.75, 3.05) is 19.8 Å². The van der Waals surface area contributed by atoms with E-state index in [9.17, 15) is 9.59 Å². The third kappa shape index (κ3) is 8.83. The summed E-state index contributed by atoms with van der Waals surface area (Å²) in [7, 11) is 0. The number of rotatable bonds is 8. The zero-order chi connectivity index (χ0) is 16.1. The molecular weight excluding hydrogens is 272 g/mol. The zero-order valence-corrected chi connectivity index (χ0v) is 13.9. The zero-order valence-electron chi connectivity index (χ0n) is 13.9. The maximum absolute atomic E-state index is 10.4. The Labute approximate surface area is 128 Å². The van der Waals surface area contributed by atoms with Crippen LogP contribution in [0.2, 0.25) is 0 Å². The average molecular weight is 302 g/mol. The highest BCUT2D eigenvalue weighted by Gasteiger charge is 2.33. The van der Waals surface area contributed by atoms with E-state index in [1.54, 1.807) is 13.8 Å². The lowest BCUT2D eigenvalue weighted by Crippen LogP contribution is -2.29. The molecule has 0 aromatic carbocycles. The Hall–Kier alpha value is -0.940. The molecule has 1 heterocycles. The summed E-state index contributed by atoms with van der Waals surface area (Å²) in [6.45, 7) is 9.50. The summed E-state index contributed by atoms with van der Waals surface area (Å²) < 4.78 is 15.7. The van der Waals surface area contributed by atoms with Gasteiger partial charge in [-0.2, -0.15) is 0 Å². The Balaban J connectivity index is 0.000000486. The molecule has 5 heteroatoms. The molecule has 0 radical (unpaired) electrons. The molecule has 0 saturated carbocycles. The van der Waals surface area contributed by atoms with Crippen LogP contribution in [-0.4, -0.2) is 37.9 Å². The second-order valence-corrected chi connectivity index (χ2v) is 5.13. The predicted octanol–water partition coefficient (Wildman–Crippen LogP) is 3.10. The van der Waals surface area contributed by atoms with E-state index in [2.05, 4.69) is 11.7 Å². The summed E-state index contributed by atoms with van der Waals surface area (Å²) in [4.78, 5) is 20.6.